The van der Waals surface area contributed by atoms with Gasteiger partial charge in [-0.25, -0.2) is 0 Å². The first-order valence-corrected chi connectivity index (χ1v) is 22.8. The second kappa shape index (κ2) is 40.2. The van der Waals surface area contributed by atoms with Crippen molar-refractivity contribution in [2.45, 2.75) is 234 Å². The molecule has 0 saturated carbocycles. The number of allylic oxidation sites excluding steroid dienone is 2. The summed E-state index contributed by atoms with van der Waals surface area (Å²) in [5.74, 6) is 2.85. The average molecular weight is 755 g/mol. The summed E-state index contributed by atoms with van der Waals surface area (Å²) in [6.45, 7) is 15.4. The highest BCUT2D eigenvalue weighted by molar-refractivity contribution is 5.09. The Morgan fingerprint density at radius 2 is 0.585 bits per heavy atom. The zero-order valence-corrected chi connectivity index (χ0v) is 36.6. The van der Waals surface area contributed by atoms with Gasteiger partial charge in [-0.2, -0.15) is 0 Å². The van der Waals surface area contributed by atoms with Crippen LogP contribution in [0.4, 0.5) is 0 Å². The van der Waals surface area contributed by atoms with Gasteiger partial charge in [0.25, 0.3) is 0 Å². The summed E-state index contributed by atoms with van der Waals surface area (Å²) < 4.78 is 44.2. The molecule has 7 nitrogen and oxygen atoms in total. The van der Waals surface area contributed by atoms with Crippen LogP contribution in [-0.2, 0) is 33.2 Å². The van der Waals surface area contributed by atoms with Gasteiger partial charge in [0.15, 0.2) is 11.5 Å². The molecule has 0 N–H and O–H groups in total. The van der Waals surface area contributed by atoms with E-state index in [1.165, 1.54) is 128 Å². The molecule has 0 fully saturated rings. The Labute approximate surface area is 330 Å². The first kappa shape index (κ1) is 51.6. The van der Waals surface area contributed by atoms with Crippen molar-refractivity contribution in [2.24, 2.45) is 0 Å². The maximum Gasteiger partial charge on any atom is 0.222 e. The number of rotatable bonds is 42. The van der Waals surface area contributed by atoms with E-state index in [9.17, 15) is 0 Å². The minimum absolute atomic E-state index is 0.548. The topological polar surface area (TPSA) is 64.6 Å². The Morgan fingerprint density at radius 1 is 0.321 bits per heavy atom. The Bertz CT molecular complexity index is 761. The quantitative estimate of drug-likeness (QED) is 0.0349. The van der Waals surface area contributed by atoms with Crippen molar-refractivity contribution in [3.63, 3.8) is 0 Å². The normalized spacial score (nSPS) is 13.7. The number of methoxy groups -OCH3 is 2. The molecule has 316 valence electrons. The lowest BCUT2D eigenvalue weighted by Crippen LogP contribution is -2.32. The molecule has 0 spiro atoms. The first-order chi connectivity index (χ1) is 26.1. The summed E-state index contributed by atoms with van der Waals surface area (Å²) in [5.41, 5.74) is 0. The van der Waals surface area contributed by atoms with Gasteiger partial charge in [0, 0.05) is 27.1 Å². The number of hydrogen-bond acceptors (Lipinski definition) is 7. The van der Waals surface area contributed by atoms with Gasteiger partial charge in [0.2, 0.25) is 12.6 Å². The first-order valence-electron chi connectivity index (χ1n) is 22.8. The number of ether oxygens (including phenoxy) is 7. The third kappa shape index (κ3) is 28.6. The van der Waals surface area contributed by atoms with Crippen molar-refractivity contribution in [3.05, 3.63) is 23.0 Å². The number of hydrogen-bond donors (Lipinski definition) is 0. The summed E-state index contributed by atoms with van der Waals surface area (Å²) in [7, 11) is 3.31. The van der Waals surface area contributed by atoms with Crippen LogP contribution in [0.3, 0.4) is 0 Å². The molecule has 0 heterocycles. The third-order valence-electron chi connectivity index (χ3n) is 9.55. The smallest absolute Gasteiger partial charge is 0.222 e. The molecule has 0 aliphatic heterocycles. The lowest BCUT2D eigenvalue weighted by molar-refractivity contribution is -0.226. The SMILES string of the molecule is CCCCCCCCCCCCCC(OCCC)=C(OCCC)C(OC)OC(OC)C(OCCC)=C(CCCCCCCCCCCCC)OCCC. The lowest BCUT2D eigenvalue weighted by Gasteiger charge is -2.29. The zero-order valence-electron chi connectivity index (χ0n) is 36.6. The van der Waals surface area contributed by atoms with Crippen molar-refractivity contribution >= 4 is 0 Å². The largest absolute Gasteiger partial charge is 0.494 e. The maximum absolute atomic E-state index is 6.63. The zero-order chi connectivity index (χ0) is 39.0. The molecule has 0 aromatic heterocycles. The Hall–Kier alpha value is -1.44. The predicted molar refractivity (Wildman–Crippen MR) is 224 cm³/mol. The number of unbranched alkanes of at least 4 members (excludes halogenated alkanes) is 20. The monoisotopic (exact) mass is 755 g/mol. The Kier molecular flexibility index (Phi) is 39.1. The van der Waals surface area contributed by atoms with Crippen molar-refractivity contribution in [3.8, 4) is 0 Å². The van der Waals surface area contributed by atoms with Crippen molar-refractivity contribution in [2.75, 3.05) is 40.6 Å². The summed E-state index contributed by atoms with van der Waals surface area (Å²) in [4.78, 5) is 0. The van der Waals surface area contributed by atoms with E-state index < -0.39 is 12.6 Å². The predicted octanol–water partition coefficient (Wildman–Crippen LogP) is 14.5. The minimum atomic E-state index is -0.819. The molecule has 0 aromatic rings. The van der Waals surface area contributed by atoms with Crippen LogP contribution in [0.5, 0.6) is 0 Å². The molecule has 0 bridgehead atoms. The fourth-order valence-electron chi connectivity index (χ4n) is 6.43. The van der Waals surface area contributed by atoms with Gasteiger partial charge in [-0.05, 0) is 38.5 Å². The molecule has 53 heavy (non-hydrogen) atoms. The van der Waals surface area contributed by atoms with Gasteiger partial charge >= 0.3 is 0 Å². The Balaban J connectivity index is 5.76. The highest BCUT2D eigenvalue weighted by Gasteiger charge is 2.31. The summed E-state index contributed by atoms with van der Waals surface area (Å²) >= 11 is 0. The van der Waals surface area contributed by atoms with Crippen LogP contribution in [0.25, 0.3) is 0 Å². The molecular weight excluding hydrogens is 664 g/mol. The van der Waals surface area contributed by atoms with Crippen LogP contribution in [0.2, 0.25) is 0 Å². The van der Waals surface area contributed by atoms with Crippen LogP contribution in [0.15, 0.2) is 23.0 Å². The van der Waals surface area contributed by atoms with E-state index in [4.69, 9.17) is 33.2 Å². The van der Waals surface area contributed by atoms with Crippen LogP contribution >= 0.6 is 0 Å². The summed E-state index contributed by atoms with van der Waals surface area (Å²) in [5, 5.41) is 0. The van der Waals surface area contributed by atoms with E-state index in [0.29, 0.717) is 37.9 Å². The molecule has 7 heteroatoms. The molecule has 0 aromatic carbocycles. The van der Waals surface area contributed by atoms with E-state index in [2.05, 4.69) is 41.5 Å². The maximum atomic E-state index is 6.63. The van der Waals surface area contributed by atoms with Gasteiger partial charge < -0.3 is 33.2 Å². The molecule has 0 aliphatic carbocycles. The fraction of sp³-hybridized carbons (Fsp3) is 0.913. The summed E-state index contributed by atoms with van der Waals surface area (Å²) in [6, 6.07) is 0. The van der Waals surface area contributed by atoms with Gasteiger partial charge in [0.1, 0.15) is 11.5 Å². The van der Waals surface area contributed by atoms with Crippen molar-refractivity contribution < 1.29 is 33.2 Å². The third-order valence-corrected chi connectivity index (χ3v) is 9.55. The van der Waals surface area contributed by atoms with E-state index in [1.807, 2.05) is 0 Å². The second-order valence-electron chi connectivity index (χ2n) is 14.8. The summed E-state index contributed by atoms with van der Waals surface area (Å²) in [6.07, 6.45) is 32.1. The van der Waals surface area contributed by atoms with E-state index in [1.54, 1.807) is 14.2 Å². The van der Waals surface area contributed by atoms with Gasteiger partial charge in [-0.15, -0.1) is 0 Å². The van der Waals surface area contributed by atoms with Crippen molar-refractivity contribution in [1.29, 1.82) is 0 Å². The average Bonchev–Trinajstić information content (AvgIpc) is 3.17. The van der Waals surface area contributed by atoms with Gasteiger partial charge in [0.05, 0.1) is 26.4 Å². The van der Waals surface area contributed by atoms with Crippen molar-refractivity contribution in [1.82, 2.24) is 0 Å². The lowest BCUT2D eigenvalue weighted by atomic mass is 10.0. The molecule has 0 aliphatic rings. The molecular formula is C46H90O7. The van der Waals surface area contributed by atoms with E-state index in [-0.39, 0.29) is 0 Å². The molecule has 0 saturated heterocycles. The van der Waals surface area contributed by atoms with Crippen LogP contribution < -0.4 is 0 Å². The molecule has 2 atom stereocenters. The Morgan fingerprint density at radius 3 is 0.849 bits per heavy atom. The minimum Gasteiger partial charge on any atom is -0.494 e. The van der Waals surface area contributed by atoms with Gasteiger partial charge in [-0.3, -0.25) is 0 Å². The second-order valence-corrected chi connectivity index (χ2v) is 14.8. The fourth-order valence-corrected chi connectivity index (χ4v) is 6.43. The van der Waals surface area contributed by atoms with E-state index in [0.717, 1.165) is 62.9 Å². The molecule has 0 radical (unpaired) electrons. The van der Waals surface area contributed by atoms with Gasteiger partial charge in [-0.1, -0.05) is 170 Å². The standard InChI is InChI=1S/C46H90O7/c1-9-15-17-19-21-23-25-27-29-31-33-35-41(49-37-11-3)43(51-39-13-5)45(47-7)53-46(48-8)44(52-40-14-6)42(50-38-12-4)36-34-32-30-28-26-24-22-20-18-16-10-2/h45-46H,9-40H2,1-8H3. The van der Waals surface area contributed by atoms with E-state index >= 15 is 0 Å². The highest BCUT2D eigenvalue weighted by atomic mass is 16.8. The molecule has 2 unspecified atom stereocenters. The van der Waals surface area contributed by atoms with Crippen LogP contribution in [0.1, 0.15) is 221 Å². The van der Waals surface area contributed by atoms with Crippen LogP contribution in [-0.4, -0.2) is 53.2 Å². The van der Waals surface area contributed by atoms with Crippen LogP contribution in [0, 0.1) is 0 Å². The molecule has 0 rings (SSSR count). The highest BCUT2D eigenvalue weighted by Crippen LogP contribution is 2.28. The molecule has 0 amide bonds.